The van der Waals surface area contributed by atoms with Crippen molar-refractivity contribution in [3.8, 4) is 11.1 Å². The number of nitrogens with zero attached hydrogens (tertiary/aromatic N) is 1. The predicted octanol–water partition coefficient (Wildman–Crippen LogP) is 1.67. The van der Waals surface area contributed by atoms with Gasteiger partial charge in [-0.15, -0.1) is 0 Å². The zero-order valence-electron chi connectivity index (χ0n) is 7.70. The third-order valence-corrected chi connectivity index (χ3v) is 2.34. The fourth-order valence-corrected chi connectivity index (χ4v) is 1.54. The van der Waals surface area contributed by atoms with Crippen molar-refractivity contribution in [1.29, 1.82) is 0 Å². The molecular weight excluding hydrogens is 214 g/mol. The van der Waals surface area contributed by atoms with Gasteiger partial charge in [-0.1, -0.05) is 29.8 Å². The molecule has 0 fully saturated rings. The first kappa shape index (κ1) is 9.73. The van der Waals surface area contributed by atoms with E-state index in [9.17, 15) is 4.79 Å². The summed E-state index contributed by atoms with van der Waals surface area (Å²) in [7, 11) is 0. The SMILES string of the molecule is Nc1[nH]c(=O)ncc1-c1ccccc1Cl. The van der Waals surface area contributed by atoms with Crippen LogP contribution in [0.3, 0.4) is 0 Å². The van der Waals surface area contributed by atoms with Crippen molar-refractivity contribution < 1.29 is 0 Å². The molecule has 0 aliphatic rings. The number of benzene rings is 1. The van der Waals surface area contributed by atoms with Gasteiger partial charge in [0.2, 0.25) is 0 Å². The van der Waals surface area contributed by atoms with Gasteiger partial charge in [-0.25, -0.2) is 9.78 Å². The van der Waals surface area contributed by atoms with Gasteiger partial charge >= 0.3 is 5.69 Å². The molecule has 0 aliphatic carbocycles. The summed E-state index contributed by atoms with van der Waals surface area (Å²) >= 11 is 6.00. The van der Waals surface area contributed by atoms with Crippen molar-refractivity contribution in [1.82, 2.24) is 9.97 Å². The summed E-state index contributed by atoms with van der Waals surface area (Å²) in [6.45, 7) is 0. The average molecular weight is 222 g/mol. The zero-order valence-corrected chi connectivity index (χ0v) is 8.45. The van der Waals surface area contributed by atoms with Crippen LogP contribution in [0.15, 0.2) is 35.3 Å². The lowest BCUT2D eigenvalue weighted by Crippen LogP contribution is -2.12. The third kappa shape index (κ3) is 1.85. The van der Waals surface area contributed by atoms with E-state index < -0.39 is 5.69 Å². The molecule has 0 aliphatic heterocycles. The molecule has 2 rings (SSSR count). The van der Waals surface area contributed by atoms with Crippen molar-refractivity contribution in [2.75, 3.05) is 5.73 Å². The highest BCUT2D eigenvalue weighted by atomic mass is 35.5. The number of H-pyrrole nitrogens is 1. The molecule has 0 saturated carbocycles. The molecule has 1 aromatic carbocycles. The van der Waals surface area contributed by atoms with Crippen LogP contribution in [0.1, 0.15) is 0 Å². The molecule has 3 N–H and O–H groups in total. The number of aromatic nitrogens is 2. The summed E-state index contributed by atoms with van der Waals surface area (Å²) in [6, 6.07) is 7.22. The van der Waals surface area contributed by atoms with Gasteiger partial charge in [0.15, 0.2) is 0 Å². The van der Waals surface area contributed by atoms with Crippen LogP contribution in [-0.4, -0.2) is 9.97 Å². The van der Waals surface area contributed by atoms with Crippen molar-refractivity contribution in [3.63, 3.8) is 0 Å². The molecule has 0 amide bonds. The second kappa shape index (κ2) is 3.74. The quantitative estimate of drug-likeness (QED) is 0.770. The van der Waals surface area contributed by atoms with Crippen LogP contribution in [0.25, 0.3) is 11.1 Å². The highest BCUT2D eigenvalue weighted by molar-refractivity contribution is 6.33. The predicted molar refractivity (Wildman–Crippen MR) is 59.7 cm³/mol. The molecule has 0 atom stereocenters. The Kier molecular flexibility index (Phi) is 2.43. The molecular formula is C10H8ClN3O. The summed E-state index contributed by atoms with van der Waals surface area (Å²) in [5, 5.41) is 0.568. The Morgan fingerprint density at radius 1 is 1.27 bits per heavy atom. The summed E-state index contributed by atoms with van der Waals surface area (Å²) in [4.78, 5) is 16.9. The van der Waals surface area contributed by atoms with Gasteiger partial charge < -0.3 is 5.73 Å². The number of nitrogens with one attached hydrogen (secondary N) is 1. The Hall–Kier alpha value is -1.81. The van der Waals surface area contributed by atoms with Crippen LogP contribution in [0.5, 0.6) is 0 Å². The van der Waals surface area contributed by atoms with E-state index in [-0.39, 0.29) is 5.82 Å². The lowest BCUT2D eigenvalue weighted by Gasteiger charge is -2.05. The van der Waals surface area contributed by atoms with E-state index in [2.05, 4.69) is 9.97 Å². The Bertz CT molecular complexity index is 550. The maximum Gasteiger partial charge on any atom is 0.346 e. The number of nitrogens with two attached hydrogens (primary N) is 1. The molecule has 15 heavy (non-hydrogen) atoms. The van der Waals surface area contributed by atoms with E-state index in [0.717, 1.165) is 5.56 Å². The molecule has 2 aromatic rings. The van der Waals surface area contributed by atoms with E-state index in [1.807, 2.05) is 18.2 Å². The molecule has 1 aromatic heterocycles. The number of rotatable bonds is 1. The normalized spacial score (nSPS) is 10.2. The van der Waals surface area contributed by atoms with E-state index in [1.54, 1.807) is 6.07 Å². The molecule has 76 valence electrons. The number of nitrogen functional groups attached to an aromatic ring is 1. The fourth-order valence-electron chi connectivity index (χ4n) is 1.30. The van der Waals surface area contributed by atoms with E-state index in [0.29, 0.717) is 10.6 Å². The van der Waals surface area contributed by atoms with Gasteiger partial charge in [-0.3, -0.25) is 4.98 Å². The Balaban J connectivity index is 2.65. The van der Waals surface area contributed by atoms with Crippen LogP contribution in [-0.2, 0) is 0 Å². The Morgan fingerprint density at radius 2 is 2.00 bits per heavy atom. The van der Waals surface area contributed by atoms with Crippen LogP contribution < -0.4 is 11.4 Å². The van der Waals surface area contributed by atoms with Crippen LogP contribution in [0.2, 0.25) is 5.02 Å². The van der Waals surface area contributed by atoms with E-state index in [1.165, 1.54) is 6.20 Å². The molecule has 5 heteroatoms. The second-order valence-corrected chi connectivity index (χ2v) is 3.40. The van der Waals surface area contributed by atoms with Crippen molar-refractivity contribution >= 4 is 17.4 Å². The Labute approximate surface area is 90.7 Å². The van der Waals surface area contributed by atoms with E-state index in [4.69, 9.17) is 17.3 Å². The first-order valence-corrected chi connectivity index (χ1v) is 4.66. The molecule has 4 nitrogen and oxygen atoms in total. The summed E-state index contributed by atoms with van der Waals surface area (Å²) in [5.74, 6) is 0.267. The first-order valence-electron chi connectivity index (χ1n) is 4.28. The van der Waals surface area contributed by atoms with Gasteiger partial charge in [0.25, 0.3) is 0 Å². The molecule has 0 spiro atoms. The molecule has 0 saturated heterocycles. The summed E-state index contributed by atoms with van der Waals surface area (Å²) < 4.78 is 0. The maximum absolute atomic E-state index is 10.9. The van der Waals surface area contributed by atoms with Gasteiger partial charge in [0.05, 0.1) is 0 Å². The average Bonchev–Trinajstić information content (AvgIpc) is 2.20. The largest absolute Gasteiger partial charge is 0.385 e. The van der Waals surface area contributed by atoms with Gasteiger partial charge in [0, 0.05) is 22.3 Å². The monoisotopic (exact) mass is 221 g/mol. The standard InChI is InChI=1S/C10H8ClN3O/c11-8-4-2-1-3-6(8)7-5-13-10(15)14-9(7)12/h1-5H,(H3,12,13,14,15). The minimum absolute atomic E-state index is 0.267. The highest BCUT2D eigenvalue weighted by Gasteiger charge is 2.07. The highest BCUT2D eigenvalue weighted by Crippen LogP contribution is 2.29. The molecule has 0 radical (unpaired) electrons. The van der Waals surface area contributed by atoms with Crippen molar-refractivity contribution in [3.05, 3.63) is 46.0 Å². The van der Waals surface area contributed by atoms with Crippen LogP contribution in [0.4, 0.5) is 5.82 Å². The van der Waals surface area contributed by atoms with E-state index >= 15 is 0 Å². The van der Waals surface area contributed by atoms with Gasteiger partial charge in [-0.2, -0.15) is 0 Å². The van der Waals surface area contributed by atoms with Gasteiger partial charge in [0.1, 0.15) is 5.82 Å². The van der Waals surface area contributed by atoms with Gasteiger partial charge in [-0.05, 0) is 6.07 Å². The van der Waals surface area contributed by atoms with Crippen molar-refractivity contribution in [2.24, 2.45) is 0 Å². The molecule has 1 heterocycles. The maximum atomic E-state index is 10.9. The second-order valence-electron chi connectivity index (χ2n) is 3.00. The third-order valence-electron chi connectivity index (χ3n) is 2.01. The number of aromatic amines is 1. The molecule has 0 unspecified atom stereocenters. The first-order chi connectivity index (χ1) is 7.18. The topological polar surface area (TPSA) is 71.8 Å². The molecule has 0 bridgehead atoms. The fraction of sp³-hybridized carbons (Fsp3) is 0. The zero-order chi connectivity index (χ0) is 10.8. The lowest BCUT2D eigenvalue weighted by molar-refractivity contribution is 1.09. The summed E-state index contributed by atoms with van der Waals surface area (Å²) in [5.41, 5.74) is 6.57. The minimum atomic E-state index is -0.469. The smallest absolute Gasteiger partial charge is 0.346 e. The summed E-state index contributed by atoms with van der Waals surface area (Å²) in [6.07, 6.45) is 1.41. The van der Waals surface area contributed by atoms with Crippen molar-refractivity contribution in [2.45, 2.75) is 0 Å². The van der Waals surface area contributed by atoms with Crippen LogP contribution >= 0.6 is 11.6 Å². The lowest BCUT2D eigenvalue weighted by atomic mass is 10.1. The minimum Gasteiger partial charge on any atom is -0.385 e. The number of anilines is 1. The Morgan fingerprint density at radius 3 is 2.67 bits per heavy atom. The number of hydrogen-bond acceptors (Lipinski definition) is 3. The number of halogens is 1. The number of hydrogen-bond donors (Lipinski definition) is 2. The van der Waals surface area contributed by atoms with Crippen LogP contribution in [0, 0.1) is 0 Å².